The molecule has 3 rings (SSSR count). The van der Waals surface area contributed by atoms with Crippen LogP contribution in [0.3, 0.4) is 0 Å². The van der Waals surface area contributed by atoms with E-state index in [1.165, 1.54) is 16.7 Å². The van der Waals surface area contributed by atoms with Crippen molar-refractivity contribution < 1.29 is 24.5 Å². The van der Waals surface area contributed by atoms with E-state index >= 15 is 0 Å². The van der Waals surface area contributed by atoms with E-state index in [-0.39, 0.29) is 29.6 Å². The Kier molecular flexibility index (Phi) is 8.41. The van der Waals surface area contributed by atoms with Gasteiger partial charge in [-0.1, -0.05) is 35.6 Å². The molecule has 1 aromatic carbocycles. The van der Waals surface area contributed by atoms with Gasteiger partial charge in [0.2, 0.25) is 0 Å². The summed E-state index contributed by atoms with van der Waals surface area (Å²) in [5.41, 5.74) is 1.58. The van der Waals surface area contributed by atoms with E-state index in [1.807, 2.05) is 18.7 Å². The Hall–Kier alpha value is -2.11. The van der Waals surface area contributed by atoms with Gasteiger partial charge in [0.1, 0.15) is 10.1 Å². The molecular weight excluding hydrogens is 486 g/mol. The van der Waals surface area contributed by atoms with Crippen molar-refractivity contribution in [2.24, 2.45) is 0 Å². The molecule has 2 N–H and O–H groups in total. The molecule has 2 aliphatic rings. The first-order valence-corrected chi connectivity index (χ1v) is 12.2. The zero-order chi connectivity index (χ0) is 24.3. The number of thiocarbonyl (C=S) groups is 1. The minimum atomic E-state index is -1.03. The summed E-state index contributed by atoms with van der Waals surface area (Å²) in [7, 11) is 0. The van der Waals surface area contributed by atoms with E-state index in [4.69, 9.17) is 28.6 Å². The molecule has 1 saturated heterocycles. The predicted octanol–water partition coefficient (Wildman–Crippen LogP) is 3.12. The molecule has 2 aliphatic heterocycles. The molecule has 0 radical (unpaired) electrons. The fraction of sp³-hybridized carbons (Fsp3) is 0.409. The molecule has 11 heteroatoms. The molecule has 2 heterocycles. The van der Waals surface area contributed by atoms with E-state index in [0.717, 1.165) is 5.69 Å². The lowest BCUT2D eigenvalue weighted by molar-refractivity contribution is -0.122. The monoisotopic (exact) mass is 511 g/mol. The molecule has 1 amide bonds. The number of benzene rings is 1. The molecule has 1 unspecified atom stereocenters. The number of halogens is 1. The molecule has 33 heavy (non-hydrogen) atoms. The van der Waals surface area contributed by atoms with Crippen molar-refractivity contribution >= 4 is 63.2 Å². The number of esters is 1. The highest BCUT2D eigenvalue weighted by Crippen LogP contribution is 2.45. The van der Waals surface area contributed by atoms with Gasteiger partial charge in [0, 0.05) is 13.1 Å². The van der Waals surface area contributed by atoms with Crippen LogP contribution in [0.2, 0.25) is 5.02 Å². The number of β-amino-alcohol motifs (C(OH)–C–C–N with tert-alkyl or cyclic N) is 1. The van der Waals surface area contributed by atoms with Crippen LogP contribution in [0.4, 0.5) is 11.4 Å². The van der Waals surface area contributed by atoms with Gasteiger partial charge < -0.3 is 24.7 Å². The van der Waals surface area contributed by atoms with E-state index in [9.17, 15) is 19.8 Å². The highest BCUT2D eigenvalue weighted by Gasteiger charge is 2.34. The minimum Gasteiger partial charge on any atom is -0.462 e. The van der Waals surface area contributed by atoms with Crippen LogP contribution in [0.15, 0.2) is 35.0 Å². The number of nitrogens with zero attached hydrogens (tertiary/aromatic N) is 3. The summed E-state index contributed by atoms with van der Waals surface area (Å²) < 4.78 is 5.62. The Morgan fingerprint density at radius 1 is 1.18 bits per heavy atom. The molecule has 8 nitrogen and oxygen atoms in total. The molecule has 1 aromatic rings. The summed E-state index contributed by atoms with van der Waals surface area (Å²) in [4.78, 5) is 30.8. The maximum Gasteiger partial charge on any atom is 0.339 e. The lowest BCUT2D eigenvalue weighted by Gasteiger charge is -2.26. The second kappa shape index (κ2) is 10.9. The SMILES string of the molecule is CCOC(=O)c1cc2c(cc1Cl)N(CC)/C(=C/C=C1/SC(=S)N(CC)C1=O)N2CC(O)CO. The van der Waals surface area contributed by atoms with Gasteiger partial charge in [-0.2, -0.15) is 0 Å². The second-order valence-corrected chi connectivity index (χ2v) is 9.29. The largest absolute Gasteiger partial charge is 0.462 e. The van der Waals surface area contributed by atoms with Crippen LogP contribution in [0.5, 0.6) is 0 Å². The number of carbonyl (C=O) groups is 2. The number of anilines is 2. The van der Waals surface area contributed by atoms with E-state index in [2.05, 4.69) is 0 Å². The molecule has 0 bridgehead atoms. The fourth-order valence-electron chi connectivity index (χ4n) is 3.65. The quantitative estimate of drug-likeness (QED) is 0.310. The van der Waals surface area contributed by atoms with Gasteiger partial charge in [0.25, 0.3) is 5.91 Å². The number of likely N-dealkylation sites (N-methyl/N-ethyl adjacent to an activating group) is 1. The highest BCUT2D eigenvalue weighted by atomic mass is 35.5. The molecule has 1 atom stereocenters. The maximum absolute atomic E-state index is 12.6. The number of aliphatic hydroxyl groups excluding tert-OH is 2. The zero-order valence-corrected chi connectivity index (χ0v) is 21.0. The molecule has 0 spiro atoms. The summed E-state index contributed by atoms with van der Waals surface area (Å²) >= 11 is 12.9. The lowest BCUT2D eigenvalue weighted by atomic mass is 10.1. The number of aliphatic hydroxyl groups is 2. The molecular formula is C22H26ClN3O5S2. The van der Waals surface area contributed by atoms with Gasteiger partial charge >= 0.3 is 5.97 Å². The molecule has 0 aromatic heterocycles. The van der Waals surface area contributed by atoms with Crippen molar-refractivity contribution in [1.82, 2.24) is 4.90 Å². The average molecular weight is 512 g/mol. The van der Waals surface area contributed by atoms with Crippen LogP contribution in [-0.2, 0) is 9.53 Å². The van der Waals surface area contributed by atoms with Crippen LogP contribution < -0.4 is 9.80 Å². The summed E-state index contributed by atoms with van der Waals surface area (Å²) in [6.45, 7) is 6.43. The van der Waals surface area contributed by atoms with Crippen LogP contribution >= 0.6 is 35.6 Å². The van der Waals surface area contributed by atoms with Crippen molar-refractivity contribution in [2.45, 2.75) is 26.9 Å². The Balaban J connectivity index is 2.09. The number of carbonyl (C=O) groups excluding carboxylic acids is 2. The summed E-state index contributed by atoms with van der Waals surface area (Å²) in [5, 5.41) is 19.9. The number of hydrogen-bond acceptors (Lipinski definition) is 9. The third kappa shape index (κ3) is 5.04. The number of rotatable bonds is 8. The Morgan fingerprint density at radius 3 is 2.42 bits per heavy atom. The topological polar surface area (TPSA) is 93.6 Å². The van der Waals surface area contributed by atoms with Crippen LogP contribution in [0, 0.1) is 0 Å². The molecule has 178 valence electrons. The Labute approximate surface area is 207 Å². The third-order valence-corrected chi connectivity index (χ3v) is 6.90. The average Bonchev–Trinajstić information content (AvgIpc) is 3.22. The van der Waals surface area contributed by atoms with Gasteiger partial charge in [0.05, 0.1) is 52.7 Å². The van der Waals surface area contributed by atoms with E-state index in [0.29, 0.717) is 33.8 Å². The van der Waals surface area contributed by atoms with Crippen LogP contribution in [0.1, 0.15) is 31.1 Å². The first-order chi connectivity index (χ1) is 15.8. The number of amides is 1. The van der Waals surface area contributed by atoms with E-state index < -0.39 is 18.7 Å². The fourth-order valence-corrected chi connectivity index (χ4v) is 5.21. The Morgan fingerprint density at radius 2 is 1.85 bits per heavy atom. The first-order valence-electron chi connectivity index (χ1n) is 10.6. The zero-order valence-electron chi connectivity index (χ0n) is 18.6. The van der Waals surface area contributed by atoms with Crippen molar-refractivity contribution in [3.8, 4) is 0 Å². The highest BCUT2D eigenvalue weighted by molar-refractivity contribution is 8.26. The molecule has 1 fully saturated rings. The smallest absolute Gasteiger partial charge is 0.339 e. The summed E-state index contributed by atoms with van der Waals surface area (Å²) in [6, 6.07) is 3.31. The van der Waals surface area contributed by atoms with E-state index in [1.54, 1.807) is 36.1 Å². The summed E-state index contributed by atoms with van der Waals surface area (Å²) in [6.07, 6.45) is 2.44. The normalized spacial score (nSPS) is 19.2. The number of thioether (sulfide) groups is 1. The molecule has 0 saturated carbocycles. The minimum absolute atomic E-state index is 0.0689. The van der Waals surface area contributed by atoms with Gasteiger partial charge in [0.15, 0.2) is 0 Å². The number of fused-ring (bicyclic) bond motifs is 1. The predicted molar refractivity (Wildman–Crippen MR) is 135 cm³/mol. The van der Waals surface area contributed by atoms with Crippen molar-refractivity contribution in [3.05, 3.63) is 45.6 Å². The third-order valence-electron chi connectivity index (χ3n) is 5.19. The maximum atomic E-state index is 12.6. The van der Waals surface area contributed by atoms with Gasteiger partial charge in [-0.15, -0.1) is 0 Å². The van der Waals surface area contributed by atoms with Gasteiger partial charge in [-0.25, -0.2) is 4.79 Å². The number of allylic oxidation sites excluding steroid dienone is 2. The standard InChI is InChI=1S/C22H26ClN3O5S2/c1-4-24-17-10-15(23)14(21(30)31-6-3)9-16(17)26(11-13(28)12-27)19(24)8-7-18-20(29)25(5-2)22(32)33-18/h7-10,13,27-28H,4-6,11-12H2,1-3H3/b18-7+,19-8-. The van der Waals surface area contributed by atoms with Crippen molar-refractivity contribution in [3.63, 3.8) is 0 Å². The van der Waals surface area contributed by atoms with Crippen LogP contribution in [-0.4, -0.2) is 70.3 Å². The van der Waals surface area contributed by atoms with Gasteiger partial charge in [-0.3, -0.25) is 9.69 Å². The number of ether oxygens (including phenoxy) is 1. The number of hydrogen-bond donors (Lipinski definition) is 2. The van der Waals surface area contributed by atoms with Crippen molar-refractivity contribution in [1.29, 1.82) is 0 Å². The Bertz CT molecular complexity index is 1030. The van der Waals surface area contributed by atoms with Crippen molar-refractivity contribution in [2.75, 3.05) is 42.6 Å². The van der Waals surface area contributed by atoms with Gasteiger partial charge in [-0.05, 0) is 45.1 Å². The van der Waals surface area contributed by atoms with Crippen LogP contribution in [0.25, 0.3) is 0 Å². The lowest BCUT2D eigenvalue weighted by Crippen LogP contribution is -2.35. The summed E-state index contributed by atoms with van der Waals surface area (Å²) in [5.74, 6) is -0.0342. The first kappa shape index (κ1) is 25.5. The second-order valence-electron chi connectivity index (χ2n) is 7.21. The molecule has 0 aliphatic carbocycles.